The van der Waals surface area contributed by atoms with Crippen molar-refractivity contribution in [2.24, 2.45) is 0 Å². The molecule has 1 spiro atoms. The zero-order chi connectivity index (χ0) is 23.2. The van der Waals surface area contributed by atoms with Gasteiger partial charge in [-0.15, -0.1) is 0 Å². The number of carbonyl (C=O) groups is 2. The van der Waals surface area contributed by atoms with Gasteiger partial charge in [0.1, 0.15) is 0 Å². The molecular formula is C26H32N3O4+. The van der Waals surface area contributed by atoms with Crippen molar-refractivity contribution in [2.75, 3.05) is 34.0 Å². The molecule has 2 aliphatic heterocycles. The third-order valence-electron chi connectivity index (χ3n) is 7.54. The van der Waals surface area contributed by atoms with Crippen molar-refractivity contribution in [3.8, 4) is 11.5 Å². The zero-order valence-electron chi connectivity index (χ0n) is 19.4. The van der Waals surface area contributed by atoms with E-state index in [1.54, 1.807) is 4.90 Å². The minimum absolute atomic E-state index is 0.0301. The first kappa shape index (κ1) is 21.8. The molecule has 3 N–H and O–H groups in total. The van der Waals surface area contributed by atoms with E-state index in [-0.39, 0.29) is 36.0 Å². The highest BCUT2D eigenvalue weighted by atomic mass is 16.7. The molecule has 2 aromatic rings. The van der Waals surface area contributed by atoms with Gasteiger partial charge in [0.25, 0.3) is 5.91 Å². The Balaban J connectivity index is 1.26. The normalized spacial score (nSPS) is 21.1. The first-order valence-corrected chi connectivity index (χ1v) is 11.7. The number of hydrogen-bond acceptors (Lipinski definition) is 4. The Hall–Kier alpha value is -3.06. The first-order chi connectivity index (χ1) is 15.9. The molecule has 0 radical (unpaired) electrons. The van der Waals surface area contributed by atoms with E-state index in [4.69, 9.17) is 9.47 Å². The molecule has 5 rings (SSSR count). The lowest BCUT2D eigenvalue weighted by atomic mass is 9.73. The number of quaternary nitrogens is 1. The maximum atomic E-state index is 13.2. The van der Waals surface area contributed by atoms with E-state index < -0.39 is 0 Å². The van der Waals surface area contributed by atoms with Gasteiger partial charge in [-0.3, -0.25) is 9.59 Å². The topological polar surface area (TPSA) is 86.7 Å². The van der Waals surface area contributed by atoms with Gasteiger partial charge in [-0.25, -0.2) is 0 Å². The number of hydrogen-bond donors (Lipinski definition) is 1. The van der Waals surface area contributed by atoms with E-state index >= 15 is 0 Å². The molecule has 2 heterocycles. The SMILES string of the molecule is CN(C)C(=O)[C@@H]1CC2(CCN(C(=O)C([NH3+])Cc3ccc4c(c3)OCO4)CC2)c2ccccc21. The van der Waals surface area contributed by atoms with Gasteiger partial charge in [-0.1, -0.05) is 30.3 Å². The van der Waals surface area contributed by atoms with Crippen molar-refractivity contribution in [1.82, 2.24) is 9.80 Å². The van der Waals surface area contributed by atoms with Gasteiger partial charge in [0.05, 0.1) is 5.92 Å². The van der Waals surface area contributed by atoms with Crippen molar-refractivity contribution < 1.29 is 24.8 Å². The Morgan fingerprint density at radius 2 is 1.85 bits per heavy atom. The van der Waals surface area contributed by atoms with E-state index in [1.807, 2.05) is 43.3 Å². The number of likely N-dealkylation sites (N-methyl/N-ethyl adjacent to an activating group) is 1. The predicted molar refractivity (Wildman–Crippen MR) is 123 cm³/mol. The largest absolute Gasteiger partial charge is 0.454 e. The van der Waals surface area contributed by atoms with Crippen LogP contribution >= 0.6 is 0 Å². The van der Waals surface area contributed by atoms with Gasteiger partial charge in [0.2, 0.25) is 12.7 Å². The lowest BCUT2D eigenvalue weighted by Gasteiger charge is -2.40. The summed E-state index contributed by atoms with van der Waals surface area (Å²) < 4.78 is 10.8. The molecule has 0 bridgehead atoms. The summed E-state index contributed by atoms with van der Waals surface area (Å²) in [7, 11) is 3.65. The molecule has 33 heavy (non-hydrogen) atoms. The zero-order valence-corrected chi connectivity index (χ0v) is 19.4. The molecule has 0 aromatic heterocycles. The minimum Gasteiger partial charge on any atom is -0.454 e. The fourth-order valence-electron chi connectivity index (χ4n) is 5.75. The maximum absolute atomic E-state index is 13.2. The van der Waals surface area contributed by atoms with Gasteiger partial charge in [0, 0.05) is 39.0 Å². The highest BCUT2D eigenvalue weighted by Gasteiger charge is 2.48. The number of nitrogens with zero attached hydrogens (tertiary/aromatic N) is 2. The number of piperidine rings is 1. The van der Waals surface area contributed by atoms with Crippen LogP contribution in [0.2, 0.25) is 0 Å². The molecule has 1 aliphatic carbocycles. The van der Waals surface area contributed by atoms with Gasteiger partial charge in [-0.05, 0) is 48.1 Å². The highest BCUT2D eigenvalue weighted by Crippen LogP contribution is 2.52. The monoisotopic (exact) mass is 450 g/mol. The van der Waals surface area contributed by atoms with Crippen LogP contribution < -0.4 is 15.2 Å². The summed E-state index contributed by atoms with van der Waals surface area (Å²) in [6.45, 7) is 1.64. The fraction of sp³-hybridized carbons (Fsp3) is 0.462. The molecule has 7 heteroatoms. The van der Waals surface area contributed by atoms with E-state index in [2.05, 4.69) is 23.9 Å². The van der Waals surface area contributed by atoms with Gasteiger partial charge in [-0.2, -0.15) is 0 Å². The van der Waals surface area contributed by atoms with Crippen LogP contribution in [0, 0.1) is 0 Å². The van der Waals surface area contributed by atoms with Gasteiger partial charge < -0.3 is 25.0 Å². The van der Waals surface area contributed by atoms with E-state index in [1.165, 1.54) is 5.56 Å². The second kappa shape index (κ2) is 8.37. The summed E-state index contributed by atoms with van der Waals surface area (Å²) in [4.78, 5) is 29.7. The van der Waals surface area contributed by atoms with E-state index in [0.717, 1.165) is 41.9 Å². The molecule has 2 amide bonds. The van der Waals surface area contributed by atoms with Crippen molar-refractivity contribution in [3.63, 3.8) is 0 Å². The van der Waals surface area contributed by atoms with Crippen molar-refractivity contribution in [3.05, 3.63) is 59.2 Å². The second-order valence-corrected chi connectivity index (χ2v) is 9.77. The third kappa shape index (κ3) is 3.84. The van der Waals surface area contributed by atoms with Crippen LogP contribution in [-0.2, 0) is 21.4 Å². The smallest absolute Gasteiger partial charge is 0.281 e. The number of benzene rings is 2. The summed E-state index contributed by atoms with van der Waals surface area (Å²) >= 11 is 0. The molecule has 2 atom stereocenters. The summed E-state index contributed by atoms with van der Waals surface area (Å²) in [5.74, 6) is 1.64. The van der Waals surface area contributed by atoms with Gasteiger partial charge in [0.15, 0.2) is 17.5 Å². The molecule has 7 nitrogen and oxygen atoms in total. The molecule has 174 valence electrons. The summed E-state index contributed by atoms with van der Waals surface area (Å²) in [5, 5.41) is 0. The number of likely N-dealkylation sites (tertiary alicyclic amines) is 1. The lowest BCUT2D eigenvalue weighted by molar-refractivity contribution is -0.405. The molecule has 3 aliphatic rings. The Morgan fingerprint density at radius 1 is 1.12 bits per heavy atom. The Morgan fingerprint density at radius 3 is 2.61 bits per heavy atom. The summed E-state index contributed by atoms with van der Waals surface area (Å²) in [6.07, 6.45) is 3.16. The summed E-state index contributed by atoms with van der Waals surface area (Å²) in [6, 6.07) is 13.8. The Bertz CT molecular complexity index is 1070. The average Bonchev–Trinajstić information content (AvgIpc) is 3.41. The highest BCUT2D eigenvalue weighted by molar-refractivity contribution is 5.85. The average molecular weight is 451 g/mol. The predicted octanol–water partition coefficient (Wildman–Crippen LogP) is 1.70. The van der Waals surface area contributed by atoms with Crippen molar-refractivity contribution in [2.45, 2.75) is 43.1 Å². The van der Waals surface area contributed by atoms with Crippen LogP contribution in [0.1, 0.15) is 41.9 Å². The van der Waals surface area contributed by atoms with E-state index in [9.17, 15) is 9.59 Å². The number of amides is 2. The van der Waals surface area contributed by atoms with Crippen LogP contribution in [0.3, 0.4) is 0 Å². The molecule has 0 saturated carbocycles. The van der Waals surface area contributed by atoms with Gasteiger partial charge >= 0.3 is 0 Å². The molecule has 1 saturated heterocycles. The molecule has 2 aromatic carbocycles. The summed E-state index contributed by atoms with van der Waals surface area (Å²) in [5.41, 5.74) is 7.62. The Kier molecular flexibility index (Phi) is 5.52. The molecule has 1 fully saturated rings. The van der Waals surface area contributed by atoms with Crippen molar-refractivity contribution >= 4 is 11.8 Å². The number of ether oxygens (including phenoxy) is 2. The van der Waals surface area contributed by atoms with Crippen LogP contribution in [0.5, 0.6) is 11.5 Å². The van der Waals surface area contributed by atoms with Crippen LogP contribution in [0.25, 0.3) is 0 Å². The standard InChI is InChI=1S/C26H31N3O4/c1-28(2)24(30)19-15-26(20-6-4-3-5-18(19)20)9-11-29(12-10-26)25(31)21(27)13-17-7-8-22-23(14-17)33-16-32-22/h3-8,14,19,21H,9-13,15-16,27H2,1-2H3/p+1/t19-,21?/m1/s1. The number of rotatable bonds is 4. The Labute approximate surface area is 194 Å². The quantitative estimate of drug-likeness (QED) is 0.768. The first-order valence-electron chi connectivity index (χ1n) is 11.7. The van der Waals surface area contributed by atoms with E-state index in [0.29, 0.717) is 19.5 Å². The maximum Gasteiger partial charge on any atom is 0.281 e. The molecular weight excluding hydrogens is 418 g/mol. The van der Waals surface area contributed by atoms with Crippen molar-refractivity contribution in [1.29, 1.82) is 0 Å². The van der Waals surface area contributed by atoms with Crippen LogP contribution in [0.15, 0.2) is 42.5 Å². The third-order valence-corrected chi connectivity index (χ3v) is 7.54. The fourth-order valence-corrected chi connectivity index (χ4v) is 5.75. The van der Waals surface area contributed by atoms with Crippen LogP contribution in [0.4, 0.5) is 0 Å². The lowest BCUT2D eigenvalue weighted by Crippen LogP contribution is -2.69. The minimum atomic E-state index is -0.349. The second-order valence-electron chi connectivity index (χ2n) is 9.77. The number of fused-ring (bicyclic) bond motifs is 3. The van der Waals surface area contributed by atoms with Crippen LogP contribution in [-0.4, -0.2) is 61.6 Å². The molecule has 1 unspecified atom stereocenters. The number of carbonyl (C=O) groups excluding carboxylic acids is 2.